The Morgan fingerprint density at radius 3 is 2.88 bits per heavy atom. The molecule has 0 unspecified atom stereocenters. The molecule has 0 aromatic heterocycles. The SMILES string of the molecule is COc1ccc(C=O)c(C#CCCCl)c1O. The zero-order valence-electron chi connectivity index (χ0n) is 8.79. The summed E-state index contributed by atoms with van der Waals surface area (Å²) >= 11 is 5.48. The van der Waals surface area contributed by atoms with Gasteiger partial charge in [-0.25, -0.2) is 0 Å². The summed E-state index contributed by atoms with van der Waals surface area (Å²) in [4.78, 5) is 10.8. The van der Waals surface area contributed by atoms with E-state index in [1.165, 1.54) is 13.2 Å². The van der Waals surface area contributed by atoms with E-state index in [0.717, 1.165) is 0 Å². The van der Waals surface area contributed by atoms with Gasteiger partial charge in [0.15, 0.2) is 17.8 Å². The van der Waals surface area contributed by atoms with Gasteiger partial charge in [-0.3, -0.25) is 4.79 Å². The Labute approximate surface area is 99.0 Å². The van der Waals surface area contributed by atoms with Gasteiger partial charge in [0.05, 0.1) is 12.7 Å². The molecule has 0 saturated carbocycles. The van der Waals surface area contributed by atoms with E-state index in [9.17, 15) is 9.90 Å². The molecule has 0 radical (unpaired) electrons. The summed E-state index contributed by atoms with van der Waals surface area (Å²) < 4.78 is 4.93. The van der Waals surface area contributed by atoms with E-state index >= 15 is 0 Å². The minimum atomic E-state index is -0.117. The van der Waals surface area contributed by atoms with Crippen molar-refractivity contribution in [1.29, 1.82) is 0 Å². The molecule has 0 saturated heterocycles. The van der Waals surface area contributed by atoms with E-state index in [0.29, 0.717) is 29.9 Å². The number of carbonyl (C=O) groups excluding carboxylic acids is 1. The molecule has 0 amide bonds. The summed E-state index contributed by atoms with van der Waals surface area (Å²) in [6.07, 6.45) is 1.14. The van der Waals surface area contributed by atoms with Crippen molar-refractivity contribution in [3.05, 3.63) is 23.3 Å². The number of alkyl halides is 1. The Kier molecular flexibility index (Phi) is 4.68. The molecule has 3 nitrogen and oxygen atoms in total. The first kappa shape index (κ1) is 12.4. The van der Waals surface area contributed by atoms with Crippen LogP contribution in [0, 0.1) is 11.8 Å². The first-order valence-corrected chi connectivity index (χ1v) is 5.18. The van der Waals surface area contributed by atoms with Crippen molar-refractivity contribution in [3.63, 3.8) is 0 Å². The third-order valence-electron chi connectivity index (χ3n) is 1.95. The van der Waals surface area contributed by atoms with Gasteiger partial charge in [0.25, 0.3) is 0 Å². The number of benzene rings is 1. The number of carbonyl (C=O) groups is 1. The zero-order valence-corrected chi connectivity index (χ0v) is 9.54. The van der Waals surface area contributed by atoms with Gasteiger partial charge in [-0.15, -0.1) is 11.6 Å². The average Bonchev–Trinajstić information content (AvgIpc) is 2.31. The minimum absolute atomic E-state index is 0.117. The number of rotatable bonds is 3. The van der Waals surface area contributed by atoms with E-state index in [1.807, 2.05) is 0 Å². The van der Waals surface area contributed by atoms with Crippen LogP contribution in [0.4, 0.5) is 0 Å². The topological polar surface area (TPSA) is 46.5 Å². The van der Waals surface area contributed by atoms with E-state index in [-0.39, 0.29) is 11.3 Å². The Morgan fingerprint density at radius 2 is 2.31 bits per heavy atom. The number of ether oxygens (including phenoxy) is 1. The van der Waals surface area contributed by atoms with Crippen molar-refractivity contribution in [2.75, 3.05) is 13.0 Å². The molecule has 1 N–H and O–H groups in total. The van der Waals surface area contributed by atoms with Crippen molar-refractivity contribution in [1.82, 2.24) is 0 Å². The van der Waals surface area contributed by atoms with Crippen LogP contribution in [0.25, 0.3) is 0 Å². The van der Waals surface area contributed by atoms with Crippen molar-refractivity contribution in [2.24, 2.45) is 0 Å². The number of phenolic OH excluding ortho intramolecular Hbond substituents is 1. The fraction of sp³-hybridized carbons (Fsp3) is 0.250. The van der Waals surface area contributed by atoms with Crippen molar-refractivity contribution < 1.29 is 14.6 Å². The first-order chi connectivity index (χ1) is 7.74. The van der Waals surface area contributed by atoms with Gasteiger partial charge in [-0.2, -0.15) is 0 Å². The number of methoxy groups -OCH3 is 1. The maximum atomic E-state index is 10.8. The number of halogens is 1. The molecular weight excluding hydrogens is 228 g/mol. The lowest BCUT2D eigenvalue weighted by Gasteiger charge is -2.06. The number of aromatic hydroxyl groups is 1. The highest BCUT2D eigenvalue weighted by molar-refractivity contribution is 6.18. The van der Waals surface area contributed by atoms with Crippen LogP contribution < -0.4 is 4.74 Å². The maximum absolute atomic E-state index is 10.8. The standard InChI is InChI=1S/C12H11ClO3/c1-16-11-6-5-9(8-14)10(12(11)15)4-2-3-7-13/h5-6,8,15H,3,7H2,1H3. The van der Waals surface area contributed by atoms with Crippen LogP contribution in [0.5, 0.6) is 11.5 Å². The maximum Gasteiger partial charge on any atom is 0.174 e. The van der Waals surface area contributed by atoms with Gasteiger partial charge in [-0.1, -0.05) is 11.8 Å². The minimum Gasteiger partial charge on any atom is -0.503 e. The summed E-state index contributed by atoms with van der Waals surface area (Å²) in [5.41, 5.74) is 0.611. The number of hydrogen-bond acceptors (Lipinski definition) is 3. The zero-order chi connectivity index (χ0) is 12.0. The van der Waals surface area contributed by atoms with Crippen molar-refractivity contribution in [2.45, 2.75) is 6.42 Å². The van der Waals surface area contributed by atoms with Crippen LogP contribution in [0.3, 0.4) is 0 Å². The van der Waals surface area contributed by atoms with E-state index in [1.54, 1.807) is 6.07 Å². The third kappa shape index (κ3) is 2.68. The molecule has 0 spiro atoms. The number of aldehydes is 1. The highest BCUT2D eigenvalue weighted by atomic mass is 35.5. The van der Waals surface area contributed by atoms with Crippen LogP contribution >= 0.6 is 11.6 Å². The third-order valence-corrected chi connectivity index (χ3v) is 2.14. The van der Waals surface area contributed by atoms with E-state index in [2.05, 4.69) is 11.8 Å². The lowest BCUT2D eigenvalue weighted by molar-refractivity contribution is 0.112. The monoisotopic (exact) mass is 238 g/mol. The lowest BCUT2D eigenvalue weighted by atomic mass is 10.1. The predicted molar refractivity (Wildman–Crippen MR) is 62.3 cm³/mol. The summed E-state index contributed by atoms with van der Waals surface area (Å²) in [6.45, 7) is 0. The molecule has 0 atom stereocenters. The molecular formula is C12H11ClO3. The second kappa shape index (κ2) is 6.04. The van der Waals surface area contributed by atoms with Crippen LogP contribution in [0.15, 0.2) is 12.1 Å². The average molecular weight is 239 g/mol. The largest absolute Gasteiger partial charge is 0.503 e. The van der Waals surface area contributed by atoms with Gasteiger partial charge in [0.1, 0.15) is 0 Å². The van der Waals surface area contributed by atoms with Crippen molar-refractivity contribution in [3.8, 4) is 23.3 Å². The van der Waals surface area contributed by atoms with Gasteiger partial charge < -0.3 is 9.84 Å². The van der Waals surface area contributed by atoms with Gasteiger partial charge in [-0.05, 0) is 12.1 Å². The van der Waals surface area contributed by atoms with E-state index < -0.39 is 0 Å². The molecule has 1 rings (SSSR count). The Bertz CT molecular complexity index is 444. The van der Waals surface area contributed by atoms with E-state index in [4.69, 9.17) is 16.3 Å². The molecule has 84 valence electrons. The fourth-order valence-electron chi connectivity index (χ4n) is 1.18. The fourth-order valence-corrected chi connectivity index (χ4v) is 1.27. The molecule has 0 heterocycles. The summed E-state index contributed by atoms with van der Waals surface area (Å²) in [5, 5.41) is 9.78. The van der Waals surface area contributed by atoms with Crippen LogP contribution in [-0.2, 0) is 0 Å². The van der Waals surface area contributed by atoms with Gasteiger partial charge in [0.2, 0.25) is 0 Å². The molecule has 0 aliphatic heterocycles. The van der Waals surface area contributed by atoms with Crippen LogP contribution in [0.2, 0.25) is 0 Å². The molecule has 0 bridgehead atoms. The van der Waals surface area contributed by atoms with Gasteiger partial charge in [0, 0.05) is 17.9 Å². The Balaban J connectivity index is 3.22. The molecule has 1 aromatic rings. The second-order valence-electron chi connectivity index (χ2n) is 2.94. The summed E-state index contributed by atoms with van der Waals surface area (Å²) in [5.74, 6) is 6.06. The first-order valence-electron chi connectivity index (χ1n) is 4.64. The summed E-state index contributed by atoms with van der Waals surface area (Å²) in [7, 11) is 1.44. The number of hydrogen-bond donors (Lipinski definition) is 1. The van der Waals surface area contributed by atoms with Gasteiger partial charge >= 0.3 is 0 Å². The molecule has 16 heavy (non-hydrogen) atoms. The Morgan fingerprint density at radius 1 is 1.56 bits per heavy atom. The smallest absolute Gasteiger partial charge is 0.174 e. The normalized spacial score (nSPS) is 9.12. The highest BCUT2D eigenvalue weighted by Gasteiger charge is 2.10. The molecule has 0 aliphatic carbocycles. The molecule has 0 aliphatic rings. The number of phenols is 1. The summed E-state index contributed by atoms with van der Waals surface area (Å²) in [6, 6.07) is 3.07. The highest BCUT2D eigenvalue weighted by Crippen LogP contribution is 2.30. The van der Waals surface area contributed by atoms with Crippen LogP contribution in [-0.4, -0.2) is 24.4 Å². The molecule has 0 fully saturated rings. The second-order valence-corrected chi connectivity index (χ2v) is 3.32. The molecule has 4 heteroatoms. The predicted octanol–water partition coefficient (Wildman–Crippen LogP) is 2.19. The quantitative estimate of drug-likeness (QED) is 0.499. The van der Waals surface area contributed by atoms with Crippen molar-refractivity contribution >= 4 is 17.9 Å². The lowest BCUT2D eigenvalue weighted by Crippen LogP contribution is -1.92. The molecule has 1 aromatic carbocycles. The Hall–Kier alpha value is -1.66. The van der Waals surface area contributed by atoms with Crippen LogP contribution in [0.1, 0.15) is 22.3 Å².